The van der Waals surface area contributed by atoms with Gasteiger partial charge in [0.15, 0.2) is 0 Å². The summed E-state index contributed by atoms with van der Waals surface area (Å²) in [5.41, 5.74) is 0.925. The van der Waals surface area contributed by atoms with Gasteiger partial charge < -0.3 is 14.7 Å². The van der Waals surface area contributed by atoms with E-state index in [1.54, 1.807) is 12.1 Å². The maximum Gasteiger partial charge on any atom is 0.320 e. The fourth-order valence-electron chi connectivity index (χ4n) is 5.35. The number of hydrogen-bond donors (Lipinski definition) is 0. The molecule has 3 aliphatic rings. The van der Waals surface area contributed by atoms with Gasteiger partial charge in [-0.1, -0.05) is 30.9 Å². The van der Waals surface area contributed by atoms with Crippen LogP contribution >= 0.6 is 11.6 Å². The Balaban J connectivity index is 1.27. The van der Waals surface area contributed by atoms with Crippen LogP contribution < -0.4 is 0 Å². The Morgan fingerprint density at radius 1 is 1.10 bits per heavy atom. The highest BCUT2D eigenvalue weighted by Gasteiger charge is 2.39. The molecule has 1 unspecified atom stereocenters. The van der Waals surface area contributed by atoms with Crippen LogP contribution in [0.1, 0.15) is 50.5 Å². The lowest BCUT2D eigenvalue weighted by atomic mass is 9.90. The van der Waals surface area contributed by atoms with Crippen molar-refractivity contribution >= 4 is 17.6 Å². The lowest BCUT2D eigenvalue weighted by molar-refractivity contribution is 0.149. The van der Waals surface area contributed by atoms with Gasteiger partial charge in [0.05, 0.1) is 6.04 Å². The molecule has 0 aromatic heterocycles. The zero-order chi connectivity index (χ0) is 20.4. The van der Waals surface area contributed by atoms with Gasteiger partial charge >= 0.3 is 6.03 Å². The largest absolute Gasteiger partial charge is 0.322 e. The van der Waals surface area contributed by atoms with Crippen LogP contribution in [0.2, 0.25) is 5.02 Å². The first-order valence-corrected chi connectivity index (χ1v) is 11.6. The third kappa shape index (κ3) is 4.88. The SMILES string of the molecule is CN1C(=O)N(C2CCCCC2)CC1CN1CCC(Cc2cc(F)ccc2Cl)CC1. The zero-order valence-electron chi connectivity index (χ0n) is 17.5. The van der Waals surface area contributed by atoms with Crippen LogP contribution in [0.4, 0.5) is 9.18 Å². The molecule has 0 bridgehead atoms. The van der Waals surface area contributed by atoms with Gasteiger partial charge in [0, 0.05) is 31.2 Å². The van der Waals surface area contributed by atoms with Crippen molar-refractivity contribution in [3.8, 4) is 0 Å². The van der Waals surface area contributed by atoms with Crippen LogP contribution in [0.15, 0.2) is 18.2 Å². The van der Waals surface area contributed by atoms with Gasteiger partial charge in [-0.05, 0) is 74.9 Å². The minimum atomic E-state index is -0.210. The minimum absolute atomic E-state index is 0.210. The van der Waals surface area contributed by atoms with E-state index >= 15 is 0 Å². The van der Waals surface area contributed by atoms with E-state index in [9.17, 15) is 9.18 Å². The van der Waals surface area contributed by atoms with Crippen LogP contribution in [-0.2, 0) is 6.42 Å². The van der Waals surface area contributed by atoms with Crippen molar-refractivity contribution in [3.05, 3.63) is 34.6 Å². The monoisotopic (exact) mass is 421 g/mol. The standard InChI is InChI=1S/C23H33ClFN3O/c1-26-21(16-28(23(26)29)20-5-3-2-4-6-20)15-27-11-9-17(10-12-27)13-18-14-19(25)7-8-22(18)24/h7-8,14,17,20-21H,2-6,9-13,15-16H2,1H3. The number of benzene rings is 1. The number of carbonyl (C=O) groups is 1. The number of halogens is 2. The molecular formula is C23H33ClFN3O. The normalized spacial score (nSPS) is 25.2. The first-order valence-electron chi connectivity index (χ1n) is 11.2. The van der Waals surface area contributed by atoms with E-state index in [0.29, 0.717) is 23.0 Å². The molecule has 29 heavy (non-hydrogen) atoms. The van der Waals surface area contributed by atoms with E-state index in [1.165, 1.54) is 38.2 Å². The molecule has 1 atom stereocenters. The Kier molecular flexibility index (Phi) is 6.65. The fourth-order valence-corrected chi connectivity index (χ4v) is 5.54. The van der Waals surface area contributed by atoms with Gasteiger partial charge in [-0.2, -0.15) is 0 Å². The number of likely N-dealkylation sites (N-methyl/N-ethyl adjacent to an activating group) is 1. The molecule has 1 aliphatic carbocycles. The first-order chi connectivity index (χ1) is 14.0. The number of urea groups is 1. The average Bonchev–Trinajstić information content (AvgIpc) is 3.01. The number of likely N-dealkylation sites (tertiary alicyclic amines) is 1. The highest BCUT2D eigenvalue weighted by atomic mass is 35.5. The van der Waals surface area contributed by atoms with Gasteiger partial charge in [0.1, 0.15) is 5.82 Å². The van der Waals surface area contributed by atoms with E-state index < -0.39 is 0 Å². The summed E-state index contributed by atoms with van der Waals surface area (Å²) in [7, 11) is 1.97. The number of hydrogen-bond acceptors (Lipinski definition) is 2. The van der Waals surface area contributed by atoms with Crippen molar-refractivity contribution < 1.29 is 9.18 Å². The van der Waals surface area contributed by atoms with E-state index in [4.69, 9.17) is 11.6 Å². The summed E-state index contributed by atoms with van der Waals surface area (Å²) in [6.45, 7) is 3.91. The average molecular weight is 422 g/mol. The summed E-state index contributed by atoms with van der Waals surface area (Å²) in [6, 6.07) is 5.62. The van der Waals surface area contributed by atoms with Crippen LogP contribution in [0.3, 0.4) is 0 Å². The van der Waals surface area contributed by atoms with Crippen molar-refractivity contribution in [1.82, 2.24) is 14.7 Å². The molecule has 2 amide bonds. The van der Waals surface area contributed by atoms with E-state index in [-0.39, 0.29) is 11.8 Å². The van der Waals surface area contributed by atoms with Gasteiger partial charge in [-0.15, -0.1) is 0 Å². The second-order valence-corrected chi connectivity index (χ2v) is 9.58. The molecular weight excluding hydrogens is 389 g/mol. The van der Waals surface area contributed by atoms with Crippen molar-refractivity contribution in [3.63, 3.8) is 0 Å². The zero-order valence-corrected chi connectivity index (χ0v) is 18.2. The Labute approximate surface area is 179 Å². The molecule has 2 saturated heterocycles. The van der Waals surface area contributed by atoms with E-state index in [2.05, 4.69) is 9.80 Å². The molecule has 2 heterocycles. The van der Waals surface area contributed by atoms with Crippen molar-refractivity contribution in [2.45, 2.75) is 63.5 Å². The minimum Gasteiger partial charge on any atom is -0.322 e. The van der Waals surface area contributed by atoms with Crippen molar-refractivity contribution in [2.24, 2.45) is 5.92 Å². The molecule has 4 nitrogen and oxygen atoms in total. The summed E-state index contributed by atoms with van der Waals surface area (Å²) >= 11 is 6.25. The highest BCUT2D eigenvalue weighted by molar-refractivity contribution is 6.31. The number of nitrogens with zero attached hydrogens (tertiary/aromatic N) is 3. The summed E-state index contributed by atoms with van der Waals surface area (Å²) in [5, 5.41) is 0.669. The molecule has 1 aromatic carbocycles. The van der Waals surface area contributed by atoms with E-state index in [1.807, 2.05) is 11.9 Å². The maximum atomic E-state index is 13.5. The number of amides is 2. The van der Waals surface area contributed by atoms with Crippen LogP contribution in [-0.4, -0.2) is 66.0 Å². The second-order valence-electron chi connectivity index (χ2n) is 9.18. The fraction of sp³-hybridized carbons (Fsp3) is 0.696. The van der Waals surface area contributed by atoms with Gasteiger partial charge in [-0.3, -0.25) is 0 Å². The molecule has 2 aliphatic heterocycles. The van der Waals surface area contributed by atoms with Crippen molar-refractivity contribution in [2.75, 3.05) is 33.2 Å². The Hall–Kier alpha value is -1.33. The third-order valence-corrected chi connectivity index (χ3v) is 7.58. The number of piperidine rings is 1. The van der Waals surface area contributed by atoms with Crippen LogP contribution in [0.5, 0.6) is 0 Å². The summed E-state index contributed by atoms with van der Waals surface area (Å²) < 4.78 is 13.5. The molecule has 4 rings (SSSR count). The molecule has 1 saturated carbocycles. The molecule has 160 valence electrons. The Morgan fingerprint density at radius 2 is 1.83 bits per heavy atom. The Bertz CT molecular complexity index is 716. The summed E-state index contributed by atoms with van der Waals surface area (Å²) in [5.74, 6) is 0.338. The van der Waals surface area contributed by atoms with Gasteiger partial charge in [0.2, 0.25) is 0 Å². The van der Waals surface area contributed by atoms with Crippen LogP contribution in [0.25, 0.3) is 0 Å². The summed E-state index contributed by atoms with van der Waals surface area (Å²) in [4.78, 5) is 19.4. The van der Waals surface area contributed by atoms with E-state index in [0.717, 1.165) is 51.0 Å². The smallest absolute Gasteiger partial charge is 0.320 e. The predicted molar refractivity (Wildman–Crippen MR) is 115 cm³/mol. The second kappa shape index (κ2) is 9.22. The molecule has 0 radical (unpaired) electrons. The van der Waals surface area contributed by atoms with Crippen LogP contribution in [0, 0.1) is 11.7 Å². The Morgan fingerprint density at radius 3 is 2.55 bits per heavy atom. The molecule has 6 heteroatoms. The van der Waals surface area contributed by atoms with Gasteiger partial charge in [-0.25, -0.2) is 9.18 Å². The molecule has 1 aromatic rings. The highest BCUT2D eigenvalue weighted by Crippen LogP contribution is 2.29. The lowest BCUT2D eigenvalue weighted by Crippen LogP contribution is -2.44. The molecule has 0 N–H and O–H groups in total. The molecule has 3 fully saturated rings. The maximum absolute atomic E-state index is 13.5. The third-order valence-electron chi connectivity index (χ3n) is 7.21. The number of carbonyl (C=O) groups excluding carboxylic acids is 1. The lowest BCUT2D eigenvalue weighted by Gasteiger charge is -2.34. The summed E-state index contributed by atoms with van der Waals surface area (Å²) in [6.07, 6.45) is 9.21. The number of rotatable bonds is 5. The predicted octanol–water partition coefficient (Wildman–Crippen LogP) is 4.80. The molecule has 0 spiro atoms. The quantitative estimate of drug-likeness (QED) is 0.682. The topological polar surface area (TPSA) is 26.8 Å². The van der Waals surface area contributed by atoms with Crippen molar-refractivity contribution in [1.29, 1.82) is 0 Å². The van der Waals surface area contributed by atoms with Gasteiger partial charge in [0.25, 0.3) is 0 Å². The first kappa shape index (κ1) is 20.9.